The lowest BCUT2D eigenvalue weighted by molar-refractivity contribution is -0.137. The smallest absolute Gasteiger partial charge is 0.336 e. The van der Waals surface area contributed by atoms with Crippen LogP contribution in [0.25, 0.3) is 0 Å². The molecule has 0 unspecified atom stereocenters. The Morgan fingerprint density at radius 2 is 1.48 bits per heavy atom. The Bertz CT molecular complexity index is 1010. The third-order valence-corrected chi connectivity index (χ3v) is 7.57. The fourth-order valence-corrected chi connectivity index (χ4v) is 4.47. The first-order chi connectivity index (χ1) is 14.5. The number of halogens is 3. The van der Waals surface area contributed by atoms with Crippen molar-refractivity contribution in [3.63, 3.8) is 0 Å². The molecule has 2 aromatic carbocycles. The number of sulfone groups is 1. The van der Waals surface area contributed by atoms with Crippen molar-refractivity contribution in [3.8, 4) is 0 Å². The average Bonchev–Trinajstić information content (AvgIpc) is 2.73. The molecule has 1 aliphatic heterocycles. The normalized spacial score (nSPS) is 16.0. The molecule has 0 bridgehead atoms. The van der Waals surface area contributed by atoms with Gasteiger partial charge < -0.3 is 4.90 Å². The number of hydrogen-bond acceptors (Lipinski definition) is 4. The monoisotopic (exact) mass is 454 g/mol. The SMILES string of the molecule is CC(C)S(=O)(=O)c1ccc(C(=O)N2CCN(Cc3ccc(C(F)(F)F)cc3)CC2)cc1. The molecule has 9 heteroatoms. The van der Waals surface area contributed by atoms with E-state index in [0.29, 0.717) is 38.3 Å². The van der Waals surface area contributed by atoms with E-state index in [-0.39, 0.29) is 10.8 Å². The van der Waals surface area contributed by atoms with Crippen molar-refractivity contribution in [2.75, 3.05) is 26.2 Å². The second-order valence-electron chi connectivity index (χ2n) is 7.88. The van der Waals surface area contributed by atoms with Gasteiger partial charge in [0, 0.05) is 38.3 Å². The van der Waals surface area contributed by atoms with Crippen molar-refractivity contribution in [3.05, 3.63) is 65.2 Å². The molecule has 1 heterocycles. The molecule has 0 spiro atoms. The van der Waals surface area contributed by atoms with Crippen molar-refractivity contribution in [2.45, 2.75) is 36.7 Å². The van der Waals surface area contributed by atoms with E-state index in [4.69, 9.17) is 0 Å². The second-order valence-corrected chi connectivity index (χ2v) is 10.4. The molecule has 1 amide bonds. The molecule has 1 saturated heterocycles. The highest BCUT2D eigenvalue weighted by Gasteiger charge is 2.30. The van der Waals surface area contributed by atoms with Gasteiger partial charge in [0.2, 0.25) is 0 Å². The van der Waals surface area contributed by atoms with Crippen LogP contribution in [0.15, 0.2) is 53.4 Å². The molecule has 5 nitrogen and oxygen atoms in total. The summed E-state index contributed by atoms with van der Waals surface area (Å²) < 4.78 is 62.4. The van der Waals surface area contributed by atoms with Crippen LogP contribution in [0.2, 0.25) is 0 Å². The Hall–Kier alpha value is -2.39. The van der Waals surface area contributed by atoms with Gasteiger partial charge in [-0.15, -0.1) is 0 Å². The molecule has 1 fully saturated rings. The number of carbonyl (C=O) groups is 1. The standard InChI is InChI=1S/C22H25F3N2O3S/c1-16(2)31(29,30)20-9-5-18(6-10-20)21(28)27-13-11-26(12-14-27)15-17-3-7-19(8-4-17)22(23,24)25/h3-10,16H,11-15H2,1-2H3. The van der Waals surface area contributed by atoms with Gasteiger partial charge in [-0.3, -0.25) is 9.69 Å². The Balaban J connectivity index is 1.56. The summed E-state index contributed by atoms with van der Waals surface area (Å²) >= 11 is 0. The van der Waals surface area contributed by atoms with Crippen molar-refractivity contribution >= 4 is 15.7 Å². The predicted molar refractivity (Wildman–Crippen MR) is 111 cm³/mol. The lowest BCUT2D eigenvalue weighted by atomic mass is 10.1. The average molecular weight is 455 g/mol. The summed E-state index contributed by atoms with van der Waals surface area (Å²) in [5, 5.41) is -0.535. The second kappa shape index (κ2) is 9.00. The maximum Gasteiger partial charge on any atom is 0.416 e. The van der Waals surface area contributed by atoms with E-state index in [0.717, 1.165) is 17.7 Å². The zero-order valence-corrected chi connectivity index (χ0v) is 18.2. The molecule has 1 aliphatic rings. The summed E-state index contributed by atoms with van der Waals surface area (Å²) in [5.41, 5.74) is 0.549. The molecular weight excluding hydrogens is 429 g/mol. The summed E-state index contributed by atoms with van der Waals surface area (Å²) in [6.07, 6.45) is -4.35. The molecule has 168 valence electrons. The number of piperazine rings is 1. The summed E-state index contributed by atoms with van der Waals surface area (Å²) in [5.74, 6) is -0.164. The highest BCUT2D eigenvalue weighted by molar-refractivity contribution is 7.92. The van der Waals surface area contributed by atoms with Gasteiger partial charge in [-0.2, -0.15) is 13.2 Å². The number of nitrogens with zero attached hydrogens (tertiary/aromatic N) is 2. The van der Waals surface area contributed by atoms with Crippen LogP contribution in [0.4, 0.5) is 13.2 Å². The maximum absolute atomic E-state index is 12.7. The Morgan fingerprint density at radius 1 is 0.935 bits per heavy atom. The molecule has 0 aromatic heterocycles. The van der Waals surface area contributed by atoms with E-state index >= 15 is 0 Å². The van der Waals surface area contributed by atoms with Gasteiger partial charge in [0.05, 0.1) is 15.7 Å². The van der Waals surface area contributed by atoms with Gasteiger partial charge in [0.1, 0.15) is 0 Å². The molecule has 0 radical (unpaired) electrons. The van der Waals surface area contributed by atoms with Crippen molar-refractivity contribution in [1.82, 2.24) is 9.80 Å². The van der Waals surface area contributed by atoms with Crippen molar-refractivity contribution in [2.24, 2.45) is 0 Å². The van der Waals surface area contributed by atoms with Crippen molar-refractivity contribution in [1.29, 1.82) is 0 Å². The van der Waals surface area contributed by atoms with Gasteiger partial charge >= 0.3 is 6.18 Å². The minimum atomic E-state index is -4.35. The Kier molecular flexibility index (Phi) is 6.76. The topological polar surface area (TPSA) is 57.7 Å². The van der Waals surface area contributed by atoms with Crippen molar-refractivity contribution < 1.29 is 26.4 Å². The summed E-state index contributed by atoms with van der Waals surface area (Å²) in [7, 11) is -3.39. The maximum atomic E-state index is 12.7. The fourth-order valence-electron chi connectivity index (χ4n) is 3.41. The summed E-state index contributed by atoms with van der Waals surface area (Å²) in [6.45, 7) is 5.93. The molecule has 2 aromatic rings. The number of rotatable bonds is 5. The number of carbonyl (C=O) groups excluding carboxylic acids is 1. The predicted octanol–water partition coefficient (Wildman–Crippen LogP) is 3.85. The van der Waals surface area contributed by atoms with Gasteiger partial charge in [0.15, 0.2) is 9.84 Å². The molecule has 0 aliphatic carbocycles. The first-order valence-corrected chi connectivity index (χ1v) is 11.5. The van der Waals surface area contributed by atoms with Crippen LogP contribution in [0, 0.1) is 0 Å². The molecule has 0 atom stereocenters. The van der Waals surface area contributed by atoms with E-state index in [1.807, 2.05) is 0 Å². The Labute approximate surface area is 180 Å². The van der Waals surface area contributed by atoms with E-state index in [1.165, 1.54) is 36.4 Å². The van der Waals surface area contributed by atoms with Gasteiger partial charge in [0.25, 0.3) is 5.91 Å². The Morgan fingerprint density at radius 3 is 1.97 bits per heavy atom. The number of hydrogen-bond donors (Lipinski definition) is 0. The minimum absolute atomic E-state index is 0.164. The zero-order valence-electron chi connectivity index (χ0n) is 17.4. The number of alkyl halides is 3. The highest BCUT2D eigenvalue weighted by Crippen LogP contribution is 2.29. The fraction of sp³-hybridized carbons (Fsp3) is 0.409. The third-order valence-electron chi connectivity index (χ3n) is 5.40. The molecule has 0 saturated carbocycles. The quantitative estimate of drug-likeness (QED) is 0.689. The van der Waals surface area contributed by atoms with Crippen LogP contribution < -0.4 is 0 Å². The van der Waals surface area contributed by atoms with Gasteiger partial charge in [-0.25, -0.2) is 8.42 Å². The van der Waals surface area contributed by atoms with Gasteiger partial charge in [-0.1, -0.05) is 12.1 Å². The lowest BCUT2D eigenvalue weighted by Crippen LogP contribution is -2.48. The van der Waals surface area contributed by atoms with Crippen LogP contribution in [0.3, 0.4) is 0 Å². The number of benzene rings is 2. The van der Waals surface area contributed by atoms with E-state index in [2.05, 4.69) is 4.90 Å². The molecule has 3 rings (SSSR count). The first kappa shape index (κ1) is 23.3. The summed E-state index contributed by atoms with van der Waals surface area (Å²) in [4.78, 5) is 16.7. The minimum Gasteiger partial charge on any atom is -0.336 e. The van der Waals surface area contributed by atoms with Crippen LogP contribution in [-0.2, 0) is 22.6 Å². The van der Waals surface area contributed by atoms with Gasteiger partial charge in [-0.05, 0) is 55.8 Å². The highest BCUT2D eigenvalue weighted by atomic mass is 32.2. The molecule has 0 N–H and O–H groups in total. The zero-order chi connectivity index (χ0) is 22.8. The largest absolute Gasteiger partial charge is 0.416 e. The van der Waals surface area contributed by atoms with Crippen LogP contribution >= 0.6 is 0 Å². The third kappa shape index (κ3) is 5.46. The van der Waals surface area contributed by atoms with Crippen LogP contribution in [-0.4, -0.2) is 55.6 Å². The van der Waals surface area contributed by atoms with Crippen LogP contribution in [0.1, 0.15) is 35.3 Å². The molecule has 31 heavy (non-hydrogen) atoms. The number of amides is 1. The summed E-state index contributed by atoms with van der Waals surface area (Å²) in [6, 6.07) is 11.1. The van der Waals surface area contributed by atoms with Crippen LogP contribution in [0.5, 0.6) is 0 Å². The van der Waals surface area contributed by atoms with E-state index < -0.39 is 26.8 Å². The molecular formula is C22H25F3N2O3S. The lowest BCUT2D eigenvalue weighted by Gasteiger charge is -2.34. The van der Waals surface area contributed by atoms with E-state index in [9.17, 15) is 26.4 Å². The van der Waals surface area contributed by atoms with E-state index in [1.54, 1.807) is 18.7 Å². The first-order valence-electron chi connectivity index (χ1n) is 10.00.